The van der Waals surface area contributed by atoms with E-state index in [1.165, 1.54) is 23.9 Å². The van der Waals surface area contributed by atoms with Crippen molar-refractivity contribution in [1.82, 2.24) is 10.7 Å². The molecule has 7 nitrogen and oxygen atoms in total. The van der Waals surface area contributed by atoms with Crippen LogP contribution < -0.4 is 20.2 Å². The number of halogens is 2. The molecule has 0 saturated carbocycles. The highest BCUT2D eigenvalue weighted by Gasteiger charge is 2.24. The normalized spacial score (nSPS) is 11.9. The lowest BCUT2D eigenvalue weighted by atomic mass is 10.0. The number of rotatable bonds is 10. The third-order valence-corrected chi connectivity index (χ3v) is 6.25. The minimum atomic E-state index is -0.814. The first kappa shape index (κ1) is 28.0. The lowest BCUT2D eigenvalue weighted by Crippen LogP contribution is -2.48. The maximum Gasteiger partial charge on any atom is 0.262 e. The van der Waals surface area contributed by atoms with Crippen LogP contribution in [0.5, 0.6) is 11.5 Å². The number of ether oxygens (including phenoxy) is 2. The fourth-order valence-corrected chi connectivity index (χ4v) is 3.66. The highest BCUT2D eigenvalue weighted by Crippen LogP contribution is 2.28. The van der Waals surface area contributed by atoms with Crippen molar-refractivity contribution >= 4 is 41.2 Å². The van der Waals surface area contributed by atoms with Gasteiger partial charge >= 0.3 is 0 Å². The first-order valence-corrected chi connectivity index (χ1v) is 12.4. The molecule has 0 aliphatic carbocycles. The first-order chi connectivity index (χ1) is 17.7. The number of nitrogens with zero attached hydrogens (tertiary/aromatic N) is 1. The second kappa shape index (κ2) is 13.1. The molecule has 0 radical (unpaired) electrons. The highest BCUT2D eigenvalue weighted by atomic mass is 35.5. The Balaban J connectivity index is 1.61. The first-order valence-electron chi connectivity index (χ1n) is 11.6. The summed E-state index contributed by atoms with van der Waals surface area (Å²) in [5, 5.41) is 7.36. The smallest absolute Gasteiger partial charge is 0.262 e. The Kier molecular flexibility index (Phi) is 9.94. The SMILES string of the molecule is COc1cc(/C=N\NC(=O)C(NC(=O)c2ccc(Cl)c(Cl)c2)C(C)C)ccc1OCc1ccc(C)cc1. The minimum Gasteiger partial charge on any atom is -0.493 e. The number of hydrogen-bond donors (Lipinski definition) is 2. The van der Waals surface area contributed by atoms with Crippen LogP contribution in [-0.2, 0) is 11.4 Å². The molecule has 9 heteroatoms. The summed E-state index contributed by atoms with van der Waals surface area (Å²) in [6.45, 7) is 6.09. The van der Waals surface area contributed by atoms with E-state index in [-0.39, 0.29) is 10.9 Å². The fraction of sp³-hybridized carbons (Fsp3) is 0.250. The molecule has 3 rings (SSSR count). The van der Waals surface area contributed by atoms with Crippen molar-refractivity contribution in [3.8, 4) is 11.5 Å². The molecule has 0 aliphatic heterocycles. The molecule has 1 atom stereocenters. The van der Waals surface area contributed by atoms with Crippen LogP contribution in [0.2, 0.25) is 10.0 Å². The van der Waals surface area contributed by atoms with Gasteiger partial charge in [0.05, 0.1) is 23.4 Å². The van der Waals surface area contributed by atoms with Crippen molar-refractivity contribution in [2.45, 2.75) is 33.4 Å². The van der Waals surface area contributed by atoms with Gasteiger partial charge in [-0.05, 0) is 60.4 Å². The van der Waals surface area contributed by atoms with Gasteiger partial charge in [0, 0.05) is 5.56 Å². The summed E-state index contributed by atoms with van der Waals surface area (Å²) in [6, 6.07) is 17.1. The van der Waals surface area contributed by atoms with E-state index in [2.05, 4.69) is 15.8 Å². The third kappa shape index (κ3) is 7.97. The second-order valence-corrected chi connectivity index (χ2v) is 9.56. The molecule has 0 saturated heterocycles. The van der Waals surface area contributed by atoms with Gasteiger partial charge in [0.2, 0.25) is 0 Å². The van der Waals surface area contributed by atoms with E-state index in [9.17, 15) is 9.59 Å². The number of benzene rings is 3. The number of hydrogen-bond acceptors (Lipinski definition) is 5. The summed E-state index contributed by atoms with van der Waals surface area (Å²) in [6.07, 6.45) is 1.49. The lowest BCUT2D eigenvalue weighted by Gasteiger charge is -2.20. The zero-order valence-electron chi connectivity index (χ0n) is 21.0. The quantitative estimate of drug-likeness (QED) is 0.251. The number of aryl methyl sites for hydroxylation is 1. The van der Waals surface area contributed by atoms with Gasteiger partial charge in [-0.2, -0.15) is 5.10 Å². The largest absolute Gasteiger partial charge is 0.493 e. The van der Waals surface area contributed by atoms with Crippen LogP contribution in [0.15, 0.2) is 65.8 Å². The minimum absolute atomic E-state index is 0.188. The van der Waals surface area contributed by atoms with Crippen LogP contribution in [0.3, 0.4) is 0 Å². The maximum atomic E-state index is 12.7. The van der Waals surface area contributed by atoms with Gasteiger partial charge in [0.25, 0.3) is 11.8 Å². The molecule has 0 aromatic heterocycles. The number of carbonyl (C=O) groups is 2. The van der Waals surface area contributed by atoms with Crippen LogP contribution >= 0.6 is 23.2 Å². The Morgan fingerprint density at radius 2 is 1.70 bits per heavy atom. The van der Waals surface area contributed by atoms with E-state index < -0.39 is 17.9 Å². The molecule has 3 aromatic rings. The van der Waals surface area contributed by atoms with Crippen LogP contribution in [0, 0.1) is 12.8 Å². The van der Waals surface area contributed by atoms with E-state index in [0.717, 1.165) is 5.56 Å². The molecule has 0 spiro atoms. The zero-order chi connectivity index (χ0) is 26.9. The molecular weight excluding hydrogens is 513 g/mol. The van der Waals surface area contributed by atoms with Crippen LogP contribution in [0.4, 0.5) is 0 Å². The number of carbonyl (C=O) groups excluding carboxylic acids is 2. The molecule has 3 aromatic carbocycles. The summed E-state index contributed by atoms with van der Waals surface area (Å²) < 4.78 is 11.4. The van der Waals surface area contributed by atoms with Crippen molar-refractivity contribution in [3.63, 3.8) is 0 Å². The third-order valence-electron chi connectivity index (χ3n) is 5.51. The molecule has 1 unspecified atom stereocenters. The lowest BCUT2D eigenvalue weighted by molar-refractivity contribution is -0.123. The van der Waals surface area contributed by atoms with Gasteiger partial charge in [-0.15, -0.1) is 0 Å². The van der Waals surface area contributed by atoms with Crippen molar-refractivity contribution in [3.05, 3.63) is 93.0 Å². The summed E-state index contributed by atoms with van der Waals surface area (Å²) in [4.78, 5) is 25.4. The van der Waals surface area contributed by atoms with Crippen molar-refractivity contribution in [2.75, 3.05) is 7.11 Å². The summed E-state index contributed by atoms with van der Waals surface area (Å²) in [5.41, 5.74) is 5.72. The number of methoxy groups -OCH3 is 1. The Hall–Kier alpha value is -3.55. The van der Waals surface area contributed by atoms with Gasteiger partial charge < -0.3 is 14.8 Å². The number of nitrogens with one attached hydrogen (secondary N) is 2. The molecule has 0 aliphatic rings. The molecule has 37 heavy (non-hydrogen) atoms. The highest BCUT2D eigenvalue weighted by molar-refractivity contribution is 6.42. The fourth-order valence-electron chi connectivity index (χ4n) is 3.37. The van der Waals surface area contributed by atoms with Crippen LogP contribution in [0.25, 0.3) is 0 Å². The van der Waals surface area contributed by atoms with Gasteiger partial charge in [-0.25, -0.2) is 5.43 Å². The molecular formula is C28H29Cl2N3O4. The average Bonchev–Trinajstić information content (AvgIpc) is 2.88. The zero-order valence-corrected chi connectivity index (χ0v) is 22.6. The Morgan fingerprint density at radius 1 is 0.973 bits per heavy atom. The Morgan fingerprint density at radius 3 is 2.35 bits per heavy atom. The van der Waals surface area contributed by atoms with Gasteiger partial charge in [0.1, 0.15) is 12.6 Å². The van der Waals surface area contributed by atoms with E-state index >= 15 is 0 Å². The van der Waals surface area contributed by atoms with E-state index in [0.29, 0.717) is 34.3 Å². The van der Waals surface area contributed by atoms with Gasteiger partial charge in [-0.1, -0.05) is 66.9 Å². The molecule has 2 N–H and O–H groups in total. The summed E-state index contributed by atoms with van der Waals surface area (Å²) in [5.74, 6) is 0.0458. The predicted octanol–water partition coefficient (Wildman–Crippen LogP) is 5.79. The van der Waals surface area contributed by atoms with E-state index in [1.807, 2.05) is 45.0 Å². The maximum absolute atomic E-state index is 12.7. The molecule has 0 heterocycles. The van der Waals surface area contributed by atoms with Crippen molar-refractivity contribution in [1.29, 1.82) is 0 Å². The van der Waals surface area contributed by atoms with E-state index in [4.69, 9.17) is 32.7 Å². The van der Waals surface area contributed by atoms with Crippen molar-refractivity contribution in [2.24, 2.45) is 11.0 Å². The monoisotopic (exact) mass is 541 g/mol. The Labute approximate surface area is 226 Å². The number of hydrazone groups is 1. The van der Waals surface area contributed by atoms with Gasteiger partial charge in [0.15, 0.2) is 11.5 Å². The second-order valence-electron chi connectivity index (χ2n) is 8.74. The van der Waals surface area contributed by atoms with Crippen LogP contribution in [0.1, 0.15) is 40.9 Å². The molecule has 194 valence electrons. The molecule has 0 bridgehead atoms. The van der Waals surface area contributed by atoms with Gasteiger partial charge in [-0.3, -0.25) is 9.59 Å². The van der Waals surface area contributed by atoms with Crippen LogP contribution in [-0.4, -0.2) is 31.2 Å². The predicted molar refractivity (Wildman–Crippen MR) is 147 cm³/mol. The average molecular weight is 542 g/mol. The Bertz CT molecular complexity index is 1280. The molecule has 0 fully saturated rings. The van der Waals surface area contributed by atoms with Crippen molar-refractivity contribution < 1.29 is 19.1 Å². The van der Waals surface area contributed by atoms with E-state index in [1.54, 1.807) is 31.4 Å². The topological polar surface area (TPSA) is 89.0 Å². The number of amides is 2. The summed E-state index contributed by atoms with van der Waals surface area (Å²) in [7, 11) is 1.56. The molecule has 2 amide bonds. The standard InChI is InChI=1S/C28H29Cl2N3O4/c1-17(2)26(32-27(34)21-10-11-22(29)23(30)14-21)28(35)33-31-15-20-9-12-24(25(13-20)36-4)37-16-19-7-5-18(3)6-8-19/h5-15,17,26H,16H2,1-4H3,(H,32,34)(H,33,35)/b31-15-. The summed E-state index contributed by atoms with van der Waals surface area (Å²) >= 11 is 11.9.